The van der Waals surface area contributed by atoms with Gasteiger partial charge in [0.05, 0.1) is 5.69 Å². The van der Waals surface area contributed by atoms with E-state index in [-0.39, 0.29) is 24.3 Å². The van der Waals surface area contributed by atoms with Crippen LogP contribution in [0.2, 0.25) is 0 Å². The Labute approximate surface area is 368 Å². The van der Waals surface area contributed by atoms with E-state index in [0.29, 0.717) is 0 Å². The lowest BCUT2D eigenvalue weighted by molar-refractivity contribution is 0.174. The molecule has 308 valence electrons. The van der Waals surface area contributed by atoms with E-state index in [0.717, 1.165) is 95.8 Å². The number of para-hydroxylation sites is 2. The minimum atomic E-state index is -0.0742. The third-order valence-electron chi connectivity index (χ3n) is 13.2. The average Bonchev–Trinajstić information content (AvgIpc) is 4.04. The van der Waals surface area contributed by atoms with Crippen LogP contribution in [0.3, 0.4) is 0 Å². The van der Waals surface area contributed by atoms with Crippen LogP contribution < -0.4 is 35.7 Å². The van der Waals surface area contributed by atoms with Gasteiger partial charge in [-0.3, -0.25) is 0 Å². The molecule has 5 heterocycles. The first-order chi connectivity index (χ1) is 30.4. The molecule has 12 rings (SSSR count). The molecule has 0 aliphatic carbocycles. The molecule has 0 unspecified atom stereocenters. The summed E-state index contributed by atoms with van der Waals surface area (Å²) in [5, 5.41) is 2.13. The number of benzene rings is 7. The van der Waals surface area contributed by atoms with E-state index < -0.39 is 0 Å². The van der Waals surface area contributed by atoms with Crippen molar-refractivity contribution >= 4 is 79.2 Å². The number of anilines is 6. The van der Waals surface area contributed by atoms with Gasteiger partial charge in [0.25, 0.3) is 6.71 Å². The lowest BCUT2D eigenvalue weighted by Gasteiger charge is -2.45. The first-order valence-corrected chi connectivity index (χ1v) is 21.9. The maximum atomic E-state index is 6.62. The summed E-state index contributed by atoms with van der Waals surface area (Å²) in [5.74, 6) is 3.13. The Bertz CT molecular complexity index is 3190. The largest absolute Gasteiger partial charge is 0.456 e. The van der Waals surface area contributed by atoms with Crippen LogP contribution in [0.15, 0.2) is 154 Å². The van der Waals surface area contributed by atoms with E-state index in [1.54, 1.807) is 0 Å². The van der Waals surface area contributed by atoms with Crippen LogP contribution in [0.25, 0.3) is 44.6 Å². The Kier molecular flexibility index (Phi) is 8.03. The first-order valence-electron chi connectivity index (χ1n) is 21.9. The van der Waals surface area contributed by atoms with Gasteiger partial charge in [0.15, 0.2) is 11.5 Å². The second-order valence-electron chi connectivity index (χ2n) is 19.5. The van der Waals surface area contributed by atoms with Crippen molar-refractivity contribution in [3.8, 4) is 34.1 Å². The normalized spacial score (nSPS) is 14.0. The predicted molar refractivity (Wildman–Crippen MR) is 259 cm³/mol. The highest BCUT2D eigenvalue weighted by Gasteiger charge is 2.44. The van der Waals surface area contributed by atoms with Gasteiger partial charge < -0.3 is 28.1 Å². The maximum absolute atomic E-state index is 6.62. The number of hydrogen-bond acceptors (Lipinski definition) is 6. The molecule has 2 aromatic heterocycles. The highest BCUT2D eigenvalue weighted by atomic mass is 16.7. The lowest BCUT2D eigenvalue weighted by Crippen LogP contribution is -2.61. The topological polar surface area (TPSA) is 51.2 Å². The van der Waals surface area contributed by atoms with E-state index in [1.807, 2.05) is 30.3 Å². The van der Waals surface area contributed by atoms with Gasteiger partial charge in [0, 0.05) is 56.4 Å². The zero-order valence-electron chi connectivity index (χ0n) is 36.7. The summed E-state index contributed by atoms with van der Waals surface area (Å²) in [6.07, 6.45) is 0. The van der Waals surface area contributed by atoms with Gasteiger partial charge in [-0.1, -0.05) is 102 Å². The number of furan rings is 2. The predicted octanol–water partition coefficient (Wildman–Crippen LogP) is 13.2. The van der Waals surface area contributed by atoms with Crippen molar-refractivity contribution in [3.05, 3.63) is 162 Å². The Morgan fingerprint density at radius 3 is 1.54 bits per heavy atom. The standard InChI is InChI=1S/C56H47BN2O4/c1-33-22-46-54-47(23-33)59(41-25-36(51-27-34-12-8-10-14-48(34)62-51)24-37(26-41)52-28-35-13-9-11-15-49(35)63-52)45-20-17-39(56(5,6)7)30-43(45)57(54)42-29-38(55(2,3)4)16-19-44(42)58(46)40-18-21-50-53(31-40)61-32-60-50/h8-31H,32H2,1-7H3. The molecule has 6 nitrogen and oxygen atoms in total. The van der Waals surface area contributed by atoms with Crippen molar-refractivity contribution in [2.45, 2.75) is 59.3 Å². The molecule has 0 spiro atoms. The minimum absolute atomic E-state index is 0.0416. The summed E-state index contributed by atoms with van der Waals surface area (Å²) in [7, 11) is 0. The van der Waals surface area contributed by atoms with E-state index in [2.05, 4.69) is 174 Å². The SMILES string of the molecule is Cc1cc2c3c(c1)N(c1ccc4c(c1)OCO4)c1ccc(C(C)(C)C)cc1B3c1cc(C(C)(C)C)ccc1N2c1cc(-c2cc3ccccc3o2)cc(-c2cc3ccccc3o2)c1. The van der Waals surface area contributed by atoms with Crippen LogP contribution in [-0.4, -0.2) is 13.5 Å². The fraction of sp³-hybridized carbons (Fsp3) is 0.179. The minimum Gasteiger partial charge on any atom is -0.456 e. The number of hydrogen-bond donors (Lipinski definition) is 0. The molecule has 0 radical (unpaired) electrons. The van der Waals surface area contributed by atoms with Gasteiger partial charge in [-0.25, -0.2) is 0 Å². The van der Waals surface area contributed by atoms with Crippen molar-refractivity contribution in [1.82, 2.24) is 0 Å². The third kappa shape index (κ3) is 6.00. The van der Waals surface area contributed by atoms with Crippen molar-refractivity contribution < 1.29 is 18.3 Å². The fourth-order valence-corrected chi connectivity index (χ4v) is 9.93. The molecule has 7 heteroatoms. The van der Waals surface area contributed by atoms with E-state index in [4.69, 9.17) is 18.3 Å². The number of fused-ring (bicyclic) bond motifs is 7. The van der Waals surface area contributed by atoms with Crippen molar-refractivity contribution in [1.29, 1.82) is 0 Å². The second kappa shape index (κ2) is 13.4. The second-order valence-corrected chi connectivity index (χ2v) is 19.5. The van der Waals surface area contributed by atoms with E-state index >= 15 is 0 Å². The van der Waals surface area contributed by atoms with Gasteiger partial charge in [0.1, 0.15) is 22.7 Å². The molecular weight excluding hydrogens is 775 g/mol. The van der Waals surface area contributed by atoms with Crippen LogP contribution in [0.4, 0.5) is 34.1 Å². The zero-order chi connectivity index (χ0) is 42.9. The van der Waals surface area contributed by atoms with Crippen molar-refractivity contribution in [2.75, 3.05) is 16.6 Å². The van der Waals surface area contributed by atoms with Gasteiger partial charge >= 0.3 is 0 Å². The number of rotatable bonds is 4. The molecule has 3 aliphatic rings. The van der Waals surface area contributed by atoms with Gasteiger partial charge in [-0.05, 0) is 130 Å². The summed E-state index contributed by atoms with van der Waals surface area (Å²) < 4.78 is 25.0. The number of nitrogens with zero attached hydrogens (tertiary/aromatic N) is 2. The molecular formula is C56H47BN2O4. The van der Waals surface area contributed by atoms with Crippen LogP contribution in [-0.2, 0) is 10.8 Å². The Morgan fingerprint density at radius 2 is 1.00 bits per heavy atom. The Morgan fingerprint density at radius 1 is 0.476 bits per heavy atom. The molecule has 0 amide bonds. The number of ether oxygens (including phenoxy) is 2. The fourth-order valence-electron chi connectivity index (χ4n) is 9.93. The summed E-state index contributed by atoms with van der Waals surface area (Å²) in [6.45, 7) is 16.2. The zero-order valence-corrected chi connectivity index (χ0v) is 36.7. The maximum Gasteiger partial charge on any atom is 0.252 e. The third-order valence-corrected chi connectivity index (χ3v) is 13.2. The highest BCUT2D eigenvalue weighted by Crippen LogP contribution is 2.49. The van der Waals surface area contributed by atoms with E-state index in [1.165, 1.54) is 27.5 Å². The summed E-state index contributed by atoms with van der Waals surface area (Å²) in [6, 6.07) is 52.8. The lowest BCUT2D eigenvalue weighted by atomic mass is 9.33. The molecule has 0 bridgehead atoms. The smallest absolute Gasteiger partial charge is 0.252 e. The highest BCUT2D eigenvalue weighted by molar-refractivity contribution is 7.00. The Balaban J connectivity index is 1.16. The monoisotopic (exact) mass is 822 g/mol. The van der Waals surface area contributed by atoms with Gasteiger partial charge in [-0.15, -0.1) is 0 Å². The molecule has 9 aromatic rings. The Hall–Kier alpha value is -7.12. The molecule has 0 saturated carbocycles. The number of aryl methyl sites for hydroxylation is 1. The van der Waals surface area contributed by atoms with Crippen LogP contribution in [0, 0.1) is 6.92 Å². The summed E-state index contributed by atoms with van der Waals surface area (Å²) in [5.41, 5.74) is 17.7. The molecule has 7 aromatic carbocycles. The summed E-state index contributed by atoms with van der Waals surface area (Å²) >= 11 is 0. The van der Waals surface area contributed by atoms with Crippen molar-refractivity contribution in [3.63, 3.8) is 0 Å². The van der Waals surface area contributed by atoms with Crippen LogP contribution in [0.1, 0.15) is 58.2 Å². The van der Waals surface area contributed by atoms with Crippen molar-refractivity contribution in [2.24, 2.45) is 0 Å². The molecule has 0 saturated heterocycles. The van der Waals surface area contributed by atoms with Crippen LogP contribution >= 0.6 is 0 Å². The molecule has 0 N–H and O–H groups in total. The summed E-state index contributed by atoms with van der Waals surface area (Å²) in [4.78, 5) is 4.92. The van der Waals surface area contributed by atoms with Crippen LogP contribution in [0.5, 0.6) is 11.5 Å². The average molecular weight is 823 g/mol. The first kappa shape index (κ1) is 37.6. The molecule has 0 fully saturated rings. The van der Waals surface area contributed by atoms with E-state index in [9.17, 15) is 0 Å². The quantitative estimate of drug-likeness (QED) is 0.165. The molecule has 63 heavy (non-hydrogen) atoms. The van der Waals surface area contributed by atoms with Gasteiger partial charge in [-0.2, -0.15) is 0 Å². The molecule has 3 aliphatic heterocycles. The molecule has 0 atom stereocenters. The van der Waals surface area contributed by atoms with Gasteiger partial charge in [0.2, 0.25) is 6.79 Å².